The van der Waals surface area contributed by atoms with Crippen LogP contribution in [0.15, 0.2) is 16.9 Å². The third-order valence-electron chi connectivity index (χ3n) is 3.31. The molecule has 0 bridgehead atoms. The van der Waals surface area contributed by atoms with Gasteiger partial charge in [-0.15, -0.1) is 0 Å². The maximum atomic E-state index is 11.5. The van der Waals surface area contributed by atoms with Gasteiger partial charge in [0.15, 0.2) is 0 Å². The molecular weight excluding hydrogens is 318 g/mol. The van der Waals surface area contributed by atoms with E-state index in [2.05, 4.69) is 26.2 Å². The lowest BCUT2D eigenvalue weighted by Crippen LogP contribution is -2.43. The van der Waals surface area contributed by atoms with E-state index in [0.29, 0.717) is 17.3 Å². The molecule has 0 aromatic carbocycles. The summed E-state index contributed by atoms with van der Waals surface area (Å²) in [6.07, 6.45) is 4.99. The van der Waals surface area contributed by atoms with Gasteiger partial charge in [-0.2, -0.15) is 0 Å². The Bertz CT molecular complexity index is 529. The van der Waals surface area contributed by atoms with Gasteiger partial charge in [-0.25, -0.2) is 4.79 Å². The van der Waals surface area contributed by atoms with Gasteiger partial charge in [-0.3, -0.25) is 15.1 Å². The SMILES string of the molecule is O=C(O)C1(Nc2c(Br)cncc2[N+](=O)[O-])CCCC1. The molecule has 19 heavy (non-hydrogen) atoms. The summed E-state index contributed by atoms with van der Waals surface area (Å²) in [5, 5.41) is 23.2. The summed E-state index contributed by atoms with van der Waals surface area (Å²) >= 11 is 3.17. The molecule has 7 nitrogen and oxygen atoms in total. The summed E-state index contributed by atoms with van der Waals surface area (Å²) in [6.45, 7) is 0. The van der Waals surface area contributed by atoms with Crippen LogP contribution in [0.4, 0.5) is 11.4 Å². The molecule has 102 valence electrons. The van der Waals surface area contributed by atoms with E-state index in [-0.39, 0.29) is 11.4 Å². The van der Waals surface area contributed by atoms with Gasteiger partial charge in [0.1, 0.15) is 17.4 Å². The van der Waals surface area contributed by atoms with Crippen molar-refractivity contribution in [3.8, 4) is 0 Å². The zero-order chi connectivity index (χ0) is 14.0. The molecule has 0 radical (unpaired) electrons. The molecule has 1 aromatic rings. The summed E-state index contributed by atoms with van der Waals surface area (Å²) < 4.78 is 0.384. The number of anilines is 1. The number of nitrogens with zero attached hydrogens (tertiary/aromatic N) is 2. The van der Waals surface area contributed by atoms with E-state index in [4.69, 9.17) is 0 Å². The van der Waals surface area contributed by atoms with Crippen molar-refractivity contribution in [1.82, 2.24) is 4.98 Å². The topological polar surface area (TPSA) is 105 Å². The summed E-state index contributed by atoms with van der Waals surface area (Å²) in [5.74, 6) is -0.983. The number of carboxylic acids is 1. The molecule has 0 atom stereocenters. The molecule has 2 N–H and O–H groups in total. The van der Waals surface area contributed by atoms with Crippen LogP contribution in [0, 0.1) is 10.1 Å². The van der Waals surface area contributed by atoms with E-state index in [9.17, 15) is 20.0 Å². The number of nitro groups is 1. The molecule has 1 aliphatic rings. The first-order chi connectivity index (χ1) is 8.96. The Labute approximate surface area is 117 Å². The molecule has 1 saturated carbocycles. The first-order valence-corrected chi connectivity index (χ1v) is 6.55. The van der Waals surface area contributed by atoms with Crippen LogP contribution >= 0.6 is 15.9 Å². The Morgan fingerprint density at radius 1 is 1.47 bits per heavy atom. The Morgan fingerprint density at radius 3 is 2.63 bits per heavy atom. The fraction of sp³-hybridized carbons (Fsp3) is 0.455. The smallest absolute Gasteiger partial charge is 0.329 e. The van der Waals surface area contributed by atoms with Gasteiger partial charge >= 0.3 is 11.7 Å². The number of halogens is 1. The van der Waals surface area contributed by atoms with Crippen molar-refractivity contribution in [2.45, 2.75) is 31.2 Å². The Balaban J connectivity index is 2.42. The first-order valence-electron chi connectivity index (χ1n) is 5.76. The molecule has 1 heterocycles. The van der Waals surface area contributed by atoms with Crippen LogP contribution in [-0.2, 0) is 4.79 Å². The molecule has 0 saturated heterocycles. The van der Waals surface area contributed by atoms with Gasteiger partial charge in [0.2, 0.25) is 0 Å². The monoisotopic (exact) mass is 329 g/mol. The van der Waals surface area contributed by atoms with Crippen molar-refractivity contribution in [3.63, 3.8) is 0 Å². The number of carbonyl (C=O) groups is 1. The van der Waals surface area contributed by atoms with Crippen molar-refractivity contribution in [1.29, 1.82) is 0 Å². The predicted octanol–water partition coefficient (Wildman–Crippen LogP) is 2.56. The van der Waals surface area contributed by atoms with E-state index in [0.717, 1.165) is 19.0 Å². The average molecular weight is 330 g/mol. The molecule has 0 spiro atoms. The highest BCUT2D eigenvalue weighted by atomic mass is 79.9. The zero-order valence-corrected chi connectivity index (χ0v) is 11.5. The first kappa shape index (κ1) is 13.7. The molecule has 0 aliphatic heterocycles. The summed E-state index contributed by atoms with van der Waals surface area (Å²) in [7, 11) is 0. The standard InChI is InChI=1S/C11H12BrN3O4/c12-7-5-13-6-8(15(18)19)9(7)14-11(10(16)17)3-1-2-4-11/h5-6H,1-4H2,(H,13,14)(H,16,17). The van der Waals surface area contributed by atoms with Crippen LogP contribution in [0.2, 0.25) is 0 Å². The molecule has 2 rings (SSSR count). The highest BCUT2D eigenvalue weighted by Crippen LogP contribution is 2.39. The van der Waals surface area contributed by atoms with Crippen LogP contribution in [0.25, 0.3) is 0 Å². The number of aromatic nitrogens is 1. The largest absolute Gasteiger partial charge is 0.480 e. The highest BCUT2D eigenvalue weighted by Gasteiger charge is 2.42. The van der Waals surface area contributed by atoms with Crippen LogP contribution in [0.3, 0.4) is 0 Å². The molecule has 1 aliphatic carbocycles. The minimum Gasteiger partial charge on any atom is -0.480 e. The van der Waals surface area contributed by atoms with Crippen LogP contribution < -0.4 is 5.32 Å². The molecular formula is C11H12BrN3O4. The third-order valence-corrected chi connectivity index (χ3v) is 3.91. The fourth-order valence-electron chi connectivity index (χ4n) is 2.30. The number of pyridine rings is 1. The van der Waals surface area contributed by atoms with Crippen molar-refractivity contribution in [3.05, 3.63) is 27.0 Å². The quantitative estimate of drug-likeness (QED) is 0.649. The minimum absolute atomic E-state index is 0.171. The molecule has 0 unspecified atom stereocenters. The fourth-order valence-corrected chi connectivity index (χ4v) is 2.72. The van der Waals surface area contributed by atoms with Crippen molar-refractivity contribution in [2.24, 2.45) is 0 Å². The van der Waals surface area contributed by atoms with Crippen molar-refractivity contribution >= 4 is 33.3 Å². The maximum absolute atomic E-state index is 11.5. The van der Waals surface area contributed by atoms with Crippen LogP contribution in [-0.4, -0.2) is 26.5 Å². The third kappa shape index (κ3) is 2.53. The number of nitrogens with one attached hydrogen (secondary N) is 1. The number of hydrogen-bond donors (Lipinski definition) is 2. The van der Waals surface area contributed by atoms with Gasteiger partial charge in [-0.1, -0.05) is 12.8 Å². The second kappa shape index (κ2) is 5.12. The van der Waals surface area contributed by atoms with Gasteiger partial charge in [0.05, 0.1) is 9.40 Å². The van der Waals surface area contributed by atoms with E-state index in [1.165, 1.54) is 6.20 Å². The van der Waals surface area contributed by atoms with E-state index < -0.39 is 16.4 Å². The lowest BCUT2D eigenvalue weighted by molar-refractivity contribution is -0.384. The normalized spacial score (nSPS) is 17.1. The number of carboxylic acid groups (broad SMARTS) is 1. The van der Waals surface area contributed by atoms with Crippen LogP contribution in [0.5, 0.6) is 0 Å². The van der Waals surface area contributed by atoms with Crippen LogP contribution in [0.1, 0.15) is 25.7 Å². The maximum Gasteiger partial charge on any atom is 0.329 e. The van der Waals surface area contributed by atoms with E-state index >= 15 is 0 Å². The van der Waals surface area contributed by atoms with E-state index in [1.807, 2.05) is 0 Å². The van der Waals surface area contributed by atoms with Crippen molar-refractivity contribution < 1.29 is 14.8 Å². The summed E-state index contributed by atoms with van der Waals surface area (Å²) in [5.41, 5.74) is -1.19. The second-order valence-electron chi connectivity index (χ2n) is 4.49. The molecule has 1 fully saturated rings. The highest BCUT2D eigenvalue weighted by molar-refractivity contribution is 9.10. The lowest BCUT2D eigenvalue weighted by Gasteiger charge is -2.26. The number of rotatable bonds is 4. The predicted molar refractivity (Wildman–Crippen MR) is 71.0 cm³/mol. The average Bonchev–Trinajstić information content (AvgIpc) is 2.81. The van der Waals surface area contributed by atoms with Gasteiger partial charge in [-0.05, 0) is 28.8 Å². The lowest BCUT2D eigenvalue weighted by atomic mass is 9.97. The summed E-state index contributed by atoms with van der Waals surface area (Å²) in [4.78, 5) is 25.6. The van der Waals surface area contributed by atoms with Gasteiger partial charge in [0.25, 0.3) is 0 Å². The summed E-state index contributed by atoms with van der Waals surface area (Å²) in [6, 6.07) is 0. The molecule has 1 aromatic heterocycles. The van der Waals surface area contributed by atoms with Gasteiger partial charge in [0, 0.05) is 6.20 Å². The van der Waals surface area contributed by atoms with E-state index in [1.54, 1.807) is 0 Å². The number of aliphatic carboxylic acids is 1. The Kier molecular flexibility index (Phi) is 3.70. The van der Waals surface area contributed by atoms with Crippen molar-refractivity contribution in [2.75, 3.05) is 5.32 Å². The minimum atomic E-state index is -1.13. The number of hydrogen-bond acceptors (Lipinski definition) is 5. The second-order valence-corrected chi connectivity index (χ2v) is 5.35. The van der Waals surface area contributed by atoms with Gasteiger partial charge < -0.3 is 10.4 Å². The zero-order valence-electron chi connectivity index (χ0n) is 9.93. The molecule has 0 amide bonds. The Hall–Kier alpha value is -1.70. The Morgan fingerprint density at radius 2 is 2.11 bits per heavy atom. The molecule has 8 heteroatoms.